The van der Waals surface area contributed by atoms with E-state index in [-0.39, 0.29) is 0 Å². The number of hydrazine groups is 2. The lowest BCUT2D eigenvalue weighted by Gasteiger charge is -2.13. The van der Waals surface area contributed by atoms with E-state index in [1.165, 1.54) is 16.1 Å². The van der Waals surface area contributed by atoms with Crippen molar-refractivity contribution in [3.05, 3.63) is 30.2 Å². The van der Waals surface area contributed by atoms with E-state index in [9.17, 15) is 0 Å². The molecule has 2 heterocycles. The number of hydrogen-bond acceptors (Lipinski definition) is 6. The summed E-state index contributed by atoms with van der Waals surface area (Å²) >= 11 is 0. The molecule has 4 N–H and O–H groups in total. The van der Waals surface area contributed by atoms with Crippen LogP contribution in [0.3, 0.4) is 0 Å². The Hall–Kier alpha value is -2.25. The quantitative estimate of drug-likeness (QED) is 0.346. The van der Waals surface area contributed by atoms with Crippen LogP contribution in [0, 0.1) is 0 Å². The van der Waals surface area contributed by atoms with Gasteiger partial charge in [-0.2, -0.15) is 5.12 Å². The van der Waals surface area contributed by atoms with Gasteiger partial charge in [-0.05, 0) is 18.6 Å². The van der Waals surface area contributed by atoms with E-state index in [2.05, 4.69) is 23.6 Å². The monoisotopic (exact) mass is 289 g/mol. The largest absolute Gasteiger partial charge is 0.528 e. The normalized spacial score (nSPS) is 10.6. The second-order valence-corrected chi connectivity index (χ2v) is 4.65. The summed E-state index contributed by atoms with van der Waals surface area (Å²) < 4.78 is 6.85. The summed E-state index contributed by atoms with van der Waals surface area (Å²) in [7, 11) is 0. The lowest BCUT2D eigenvalue weighted by atomic mass is 10.2. The van der Waals surface area contributed by atoms with E-state index < -0.39 is 0 Å². The first-order valence-electron chi connectivity index (χ1n) is 6.90. The number of unbranched alkanes of at least 4 members (excludes halogenated alkanes) is 1. The predicted molar refractivity (Wildman–Crippen MR) is 80.5 cm³/mol. The first kappa shape index (κ1) is 15.1. The molecule has 0 amide bonds. The van der Waals surface area contributed by atoms with Gasteiger partial charge in [-0.1, -0.05) is 24.1 Å². The van der Waals surface area contributed by atoms with Gasteiger partial charge >= 0.3 is 6.01 Å². The zero-order chi connectivity index (χ0) is 15.2. The van der Waals surface area contributed by atoms with E-state index in [1.54, 1.807) is 0 Å². The molecule has 112 valence electrons. The van der Waals surface area contributed by atoms with Crippen molar-refractivity contribution in [2.24, 2.45) is 11.6 Å². The van der Waals surface area contributed by atoms with E-state index in [4.69, 9.17) is 16.0 Å². The molecule has 0 atom stereocenters. The Balaban J connectivity index is 2.15. The second-order valence-electron chi connectivity index (χ2n) is 4.65. The molecule has 7 nitrogen and oxygen atoms in total. The van der Waals surface area contributed by atoms with Crippen LogP contribution in [-0.2, 0) is 6.54 Å². The molecule has 0 aliphatic rings. The van der Waals surface area contributed by atoms with Gasteiger partial charge in [0.25, 0.3) is 0 Å². The molecular formula is C14H21N6O+. The third kappa shape index (κ3) is 3.65. The topological polar surface area (TPSA) is 97.2 Å². The average molecular weight is 289 g/mol. The molecule has 0 unspecified atom stereocenters. The number of aromatic nitrogens is 2. The maximum Gasteiger partial charge on any atom is 0.528 e. The molecule has 0 saturated heterocycles. The molecule has 0 radical (unpaired) electrons. The van der Waals surface area contributed by atoms with Crippen LogP contribution < -0.4 is 11.6 Å². The van der Waals surface area contributed by atoms with Gasteiger partial charge in [0.15, 0.2) is 6.26 Å². The highest BCUT2D eigenvalue weighted by Crippen LogP contribution is 2.20. The summed E-state index contributed by atoms with van der Waals surface area (Å²) in [5, 5.41) is 1.48. The molecular weight excluding hydrogens is 268 g/mol. The minimum Gasteiger partial charge on any atom is -0.390 e. The summed E-state index contributed by atoms with van der Waals surface area (Å²) in [6.45, 7) is 7.00. The van der Waals surface area contributed by atoms with Crippen LogP contribution >= 0.6 is 0 Å². The van der Waals surface area contributed by atoms with Crippen molar-refractivity contribution in [1.29, 1.82) is 0 Å². The molecule has 7 heteroatoms. The van der Waals surface area contributed by atoms with Crippen molar-refractivity contribution < 1.29 is 9.10 Å². The maximum atomic E-state index is 5.89. The molecule has 0 aromatic carbocycles. The number of hydrogen-bond donors (Lipinski definition) is 2. The number of hydrazone groups is 1. The van der Waals surface area contributed by atoms with Crippen LogP contribution in [0.25, 0.3) is 11.4 Å². The molecule has 2 aromatic rings. The standard InChI is InChI=1S/C14H21N6O/c1-3-4-8-20(16)19(2)14-18-13(10-21-14)12-7-5-6-11(9-15)17-12/h5-7,10H,2-4,8-9,15-16H2,1H3/q+1. The lowest BCUT2D eigenvalue weighted by molar-refractivity contribution is -0.632. The molecule has 0 saturated carbocycles. The van der Waals surface area contributed by atoms with Gasteiger partial charge in [0.2, 0.25) is 5.69 Å². The fourth-order valence-electron chi connectivity index (χ4n) is 1.79. The van der Waals surface area contributed by atoms with Gasteiger partial charge in [-0.3, -0.25) is 0 Å². The van der Waals surface area contributed by atoms with Gasteiger partial charge in [0, 0.05) is 11.5 Å². The van der Waals surface area contributed by atoms with Crippen molar-refractivity contribution in [3.63, 3.8) is 0 Å². The molecule has 0 aliphatic heterocycles. The number of oxazole rings is 1. The molecule has 2 aromatic heterocycles. The second kappa shape index (κ2) is 6.96. The summed E-state index contributed by atoms with van der Waals surface area (Å²) in [6, 6.07) is 5.93. The zero-order valence-electron chi connectivity index (χ0n) is 12.2. The lowest BCUT2D eigenvalue weighted by Crippen LogP contribution is -2.38. The van der Waals surface area contributed by atoms with Crippen LogP contribution in [0.4, 0.5) is 6.01 Å². The summed E-state index contributed by atoms with van der Waals surface area (Å²) in [6.07, 6.45) is 3.55. The smallest absolute Gasteiger partial charge is 0.390 e. The Morgan fingerprint density at radius 3 is 2.86 bits per heavy atom. The fraction of sp³-hybridized carbons (Fsp3) is 0.357. The Morgan fingerprint density at radius 2 is 2.14 bits per heavy atom. The Morgan fingerprint density at radius 1 is 1.33 bits per heavy atom. The number of nitrogens with zero attached hydrogens (tertiary/aromatic N) is 4. The van der Waals surface area contributed by atoms with E-state index in [0.29, 0.717) is 30.5 Å². The minimum atomic E-state index is 0.323. The van der Waals surface area contributed by atoms with Gasteiger partial charge in [-0.15, -0.1) is 0 Å². The summed E-state index contributed by atoms with van der Waals surface area (Å²) in [5.41, 5.74) is 7.72. The van der Waals surface area contributed by atoms with E-state index in [0.717, 1.165) is 18.5 Å². The Bertz CT molecular complexity index is 609. The van der Waals surface area contributed by atoms with Crippen LogP contribution in [0.1, 0.15) is 25.5 Å². The molecule has 2 rings (SSSR count). The number of nitrogens with two attached hydrogens (primary N) is 2. The van der Waals surface area contributed by atoms with Gasteiger partial charge in [-0.25, -0.2) is 10.8 Å². The number of rotatable bonds is 7. The number of pyridine rings is 1. The van der Waals surface area contributed by atoms with Gasteiger partial charge in [0.1, 0.15) is 5.69 Å². The van der Waals surface area contributed by atoms with E-state index >= 15 is 0 Å². The van der Waals surface area contributed by atoms with Gasteiger partial charge < -0.3 is 10.2 Å². The minimum absolute atomic E-state index is 0.323. The molecule has 0 bridgehead atoms. The third-order valence-corrected chi connectivity index (χ3v) is 3.04. The molecule has 0 spiro atoms. The average Bonchev–Trinajstić information content (AvgIpc) is 3.01. The highest BCUT2D eigenvalue weighted by Gasteiger charge is 2.22. The molecule has 21 heavy (non-hydrogen) atoms. The van der Waals surface area contributed by atoms with Crippen molar-refractivity contribution >= 4 is 12.7 Å². The van der Waals surface area contributed by atoms with Crippen molar-refractivity contribution in [2.75, 3.05) is 6.54 Å². The fourth-order valence-corrected chi connectivity index (χ4v) is 1.79. The highest BCUT2D eigenvalue weighted by molar-refractivity contribution is 5.53. The molecule has 0 aliphatic carbocycles. The first-order valence-corrected chi connectivity index (χ1v) is 6.90. The zero-order valence-corrected chi connectivity index (χ0v) is 12.2. The van der Waals surface area contributed by atoms with Crippen molar-refractivity contribution in [1.82, 2.24) is 15.1 Å². The molecule has 0 fully saturated rings. The van der Waals surface area contributed by atoms with Crippen LogP contribution in [-0.4, -0.2) is 33.0 Å². The first-order chi connectivity index (χ1) is 10.2. The summed E-state index contributed by atoms with van der Waals surface area (Å²) in [5.74, 6) is 5.89. The predicted octanol–water partition coefficient (Wildman–Crippen LogP) is 1.43. The highest BCUT2D eigenvalue weighted by atomic mass is 16.4. The van der Waals surface area contributed by atoms with Crippen LogP contribution in [0.15, 0.2) is 28.9 Å². The van der Waals surface area contributed by atoms with E-state index in [1.807, 2.05) is 18.2 Å². The Kier molecular flexibility index (Phi) is 5.02. The van der Waals surface area contributed by atoms with Crippen molar-refractivity contribution in [2.45, 2.75) is 26.3 Å². The van der Waals surface area contributed by atoms with Crippen LogP contribution in [0.2, 0.25) is 0 Å². The van der Waals surface area contributed by atoms with Crippen LogP contribution in [0.5, 0.6) is 0 Å². The summed E-state index contributed by atoms with van der Waals surface area (Å²) in [4.78, 5) is 8.75. The third-order valence-electron chi connectivity index (χ3n) is 3.04. The maximum absolute atomic E-state index is 5.89. The SMILES string of the molecule is C=[N+](c1nc(-c2cccc(CN)n2)co1)N(N)CCCC. The Labute approximate surface area is 123 Å². The van der Waals surface area contributed by atoms with Crippen molar-refractivity contribution in [3.8, 4) is 11.4 Å². The van der Waals surface area contributed by atoms with Gasteiger partial charge in [0.05, 0.1) is 19.0 Å².